The summed E-state index contributed by atoms with van der Waals surface area (Å²) in [6, 6.07) is 0. The van der Waals surface area contributed by atoms with Crippen LogP contribution in [0.15, 0.2) is 0 Å². The third-order valence-corrected chi connectivity index (χ3v) is 1.61. The van der Waals surface area contributed by atoms with Gasteiger partial charge < -0.3 is 5.11 Å². The first-order valence-electron chi connectivity index (χ1n) is 2.88. The van der Waals surface area contributed by atoms with Crippen LogP contribution >= 0.6 is 0 Å². The lowest BCUT2D eigenvalue weighted by Gasteiger charge is -2.03. The van der Waals surface area contributed by atoms with Crippen LogP contribution in [0.2, 0.25) is 0 Å². The van der Waals surface area contributed by atoms with Gasteiger partial charge in [0.2, 0.25) is 0 Å². The van der Waals surface area contributed by atoms with Crippen molar-refractivity contribution in [3.05, 3.63) is 11.4 Å². The van der Waals surface area contributed by atoms with Crippen molar-refractivity contribution >= 4 is 0 Å². The SMILES string of the molecule is [C-]#[N+]C1(O)CCCC1. The fourth-order valence-electron chi connectivity index (χ4n) is 1.05. The second kappa shape index (κ2) is 1.75. The van der Waals surface area contributed by atoms with E-state index in [1.54, 1.807) is 0 Å². The minimum absolute atomic E-state index is 0.677. The zero-order chi connectivity index (χ0) is 6.04. The van der Waals surface area contributed by atoms with Crippen molar-refractivity contribution in [3.63, 3.8) is 0 Å². The minimum Gasteiger partial charge on any atom is -0.324 e. The Hall–Kier alpha value is -0.550. The molecule has 0 aromatic rings. The zero-order valence-corrected chi connectivity index (χ0v) is 4.72. The van der Waals surface area contributed by atoms with Gasteiger partial charge in [-0.1, -0.05) is 0 Å². The van der Waals surface area contributed by atoms with Crippen LogP contribution in [-0.4, -0.2) is 10.8 Å². The predicted octanol–water partition coefficient (Wildman–Crippen LogP) is 1.17. The molecule has 2 heteroatoms. The molecule has 1 N–H and O–H groups in total. The van der Waals surface area contributed by atoms with Crippen LogP contribution < -0.4 is 0 Å². The van der Waals surface area contributed by atoms with Gasteiger partial charge in [0.25, 0.3) is 0 Å². The molecule has 1 fully saturated rings. The summed E-state index contributed by atoms with van der Waals surface area (Å²) >= 11 is 0. The van der Waals surface area contributed by atoms with Crippen LogP contribution in [0.3, 0.4) is 0 Å². The molecule has 0 bridgehead atoms. The Morgan fingerprint density at radius 1 is 1.38 bits per heavy atom. The smallest absolute Gasteiger partial charge is 0.324 e. The van der Waals surface area contributed by atoms with Crippen molar-refractivity contribution < 1.29 is 5.11 Å². The summed E-state index contributed by atoms with van der Waals surface area (Å²) in [7, 11) is 0. The zero-order valence-electron chi connectivity index (χ0n) is 4.72. The summed E-state index contributed by atoms with van der Waals surface area (Å²) in [6.45, 7) is 6.57. The van der Waals surface area contributed by atoms with Crippen LogP contribution in [0.25, 0.3) is 4.85 Å². The molecule has 0 saturated heterocycles. The van der Waals surface area contributed by atoms with Crippen molar-refractivity contribution in [1.82, 2.24) is 0 Å². The van der Waals surface area contributed by atoms with Crippen LogP contribution in [0.4, 0.5) is 0 Å². The molecule has 1 rings (SSSR count). The number of hydrogen-bond donors (Lipinski definition) is 1. The maximum Gasteiger partial charge on any atom is 0.334 e. The number of nitrogens with zero attached hydrogens (tertiary/aromatic N) is 1. The summed E-state index contributed by atoms with van der Waals surface area (Å²) in [4.78, 5) is 3.12. The van der Waals surface area contributed by atoms with Crippen molar-refractivity contribution in [2.75, 3.05) is 0 Å². The molecule has 0 aromatic carbocycles. The van der Waals surface area contributed by atoms with Gasteiger partial charge in [0.1, 0.15) is 0 Å². The second-order valence-corrected chi connectivity index (χ2v) is 2.30. The normalized spacial score (nSPS) is 25.0. The van der Waals surface area contributed by atoms with E-state index in [0.717, 1.165) is 12.8 Å². The number of rotatable bonds is 0. The topological polar surface area (TPSA) is 24.6 Å². The molecule has 0 amide bonds. The van der Waals surface area contributed by atoms with E-state index in [0.29, 0.717) is 12.8 Å². The molecular weight excluding hydrogens is 102 g/mol. The molecule has 0 atom stereocenters. The lowest BCUT2D eigenvalue weighted by Crippen LogP contribution is -2.17. The van der Waals surface area contributed by atoms with Crippen molar-refractivity contribution in [2.24, 2.45) is 0 Å². The lowest BCUT2D eigenvalue weighted by molar-refractivity contribution is 0.0965. The highest BCUT2D eigenvalue weighted by atomic mass is 16.3. The van der Waals surface area contributed by atoms with Gasteiger partial charge in [0.05, 0.1) is 12.8 Å². The summed E-state index contributed by atoms with van der Waals surface area (Å²) in [6.07, 6.45) is 3.38. The Bertz CT molecular complexity index is 119. The van der Waals surface area contributed by atoms with Gasteiger partial charge >= 0.3 is 5.72 Å². The first-order chi connectivity index (χ1) is 3.77. The van der Waals surface area contributed by atoms with E-state index in [-0.39, 0.29) is 0 Å². The molecule has 0 unspecified atom stereocenters. The quantitative estimate of drug-likeness (QED) is 0.466. The largest absolute Gasteiger partial charge is 0.334 e. The van der Waals surface area contributed by atoms with E-state index in [1.165, 1.54) is 0 Å². The van der Waals surface area contributed by atoms with Gasteiger partial charge in [0.15, 0.2) is 0 Å². The van der Waals surface area contributed by atoms with E-state index < -0.39 is 5.72 Å². The number of aliphatic hydroxyl groups is 1. The molecule has 2 nitrogen and oxygen atoms in total. The maximum atomic E-state index is 9.15. The monoisotopic (exact) mass is 111 g/mol. The van der Waals surface area contributed by atoms with E-state index in [1.807, 2.05) is 0 Å². The Morgan fingerprint density at radius 2 is 1.88 bits per heavy atom. The van der Waals surface area contributed by atoms with E-state index in [4.69, 9.17) is 11.7 Å². The average Bonchev–Trinajstić information content (AvgIpc) is 2.17. The summed E-state index contributed by atoms with van der Waals surface area (Å²) in [5.41, 5.74) is -0.972. The molecule has 0 aromatic heterocycles. The Labute approximate surface area is 49.0 Å². The molecule has 44 valence electrons. The van der Waals surface area contributed by atoms with Crippen molar-refractivity contribution in [2.45, 2.75) is 31.4 Å². The fourth-order valence-corrected chi connectivity index (χ4v) is 1.05. The third kappa shape index (κ3) is 0.823. The molecular formula is C6H9NO. The van der Waals surface area contributed by atoms with Gasteiger partial charge in [-0.05, 0) is 12.8 Å². The average molecular weight is 111 g/mol. The third-order valence-electron chi connectivity index (χ3n) is 1.61. The molecule has 0 heterocycles. The second-order valence-electron chi connectivity index (χ2n) is 2.30. The Morgan fingerprint density at radius 3 is 2.12 bits per heavy atom. The van der Waals surface area contributed by atoms with Crippen molar-refractivity contribution in [3.8, 4) is 0 Å². The molecule has 1 aliphatic carbocycles. The molecule has 0 radical (unpaired) electrons. The molecule has 0 spiro atoms. The lowest BCUT2D eigenvalue weighted by atomic mass is 10.2. The van der Waals surface area contributed by atoms with E-state index >= 15 is 0 Å². The first kappa shape index (κ1) is 5.58. The first-order valence-corrected chi connectivity index (χ1v) is 2.88. The maximum absolute atomic E-state index is 9.15. The highest BCUT2D eigenvalue weighted by Gasteiger charge is 2.36. The van der Waals surface area contributed by atoms with Gasteiger partial charge in [0, 0.05) is 0 Å². The summed E-state index contributed by atoms with van der Waals surface area (Å²) in [5, 5.41) is 9.15. The highest BCUT2D eigenvalue weighted by Crippen LogP contribution is 2.29. The van der Waals surface area contributed by atoms with Gasteiger partial charge in [-0.25, -0.2) is 6.57 Å². The minimum atomic E-state index is -0.972. The molecule has 8 heavy (non-hydrogen) atoms. The number of hydrogen-bond acceptors (Lipinski definition) is 1. The summed E-state index contributed by atoms with van der Waals surface area (Å²) < 4.78 is 0. The fraction of sp³-hybridized carbons (Fsp3) is 0.833. The van der Waals surface area contributed by atoms with Gasteiger partial charge in [-0.3, -0.25) is 4.85 Å². The predicted molar refractivity (Wildman–Crippen MR) is 30.0 cm³/mol. The molecule has 1 aliphatic rings. The van der Waals surface area contributed by atoms with E-state index in [2.05, 4.69) is 4.85 Å². The van der Waals surface area contributed by atoms with Gasteiger partial charge in [-0.15, -0.1) is 0 Å². The van der Waals surface area contributed by atoms with Crippen LogP contribution in [0, 0.1) is 6.57 Å². The molecule has 0 aliphatic heterocycles. The standard InChI is InChI=1S/C6H9NO/c1-7-6(8)4-2-3-5-6/h8H,2-5H2. The Kier molecular flexibility index (Phi) is 1.22. The van der Waals surface area contributed by atoms with Crippen LogP contribution in [0.5, 0.6) is 0 Å². The molecule has 1 saturated carbocycles. The van der Waals surface area contributed by atoms with Crippen LogP contribution in [-0.2, 0) is 0 Å². The van der Waals surface area contributed by atoms with Crippen molar-refractivity contribution in [1.29, 1.82) is 0 Å². The van der Waals surface area contributed by atoms with Gasteiger partial charge in [-0.2, -0.15) is 0 Å². The van der Waals surface area contributed by atoms with E-state index in [9.17, 15) is 0 Å². The Balaban J connectivity index is 2.56. The van der Waals surface area contributed by atoms with Crippen LogP contribution in [0.1, 0.15) is 25.7 Å². The highest BCUT2D eigenvalue weighted by molar-refractivity contribution is 4.91. The summed E-state index contributed by atoms with van der Waals surface area (Å²) in [5.74, 6) is 0.